The number of carbonyl (C=O) groups excluding carboxylic acids is 4. The number of primary sulfonamides is 1. The first-order valence-electron chi connectivity index (χ1n) is 25.2. The summed E-state index contributed by atoms with van der Waals surface area (Å²) in [5.74, 6) is -1.25. The lowest BCUT2D eigenvalue weighted by Gasteiger charge is -2.35. The molecule has 4 amide bonds. The van der Waals surface area contributed by atoms with E-state index in [9.17, 15) is 54.3 Å². The Hall–Kier alpha value is -5.11. The zero-order valence-electron chi connectivity index (χ0n) is 43.3. The molecule has 7 N–H and O–H groups in total. The number of likely N-dealkylation sites (tertiary alicyclic amines) is 2. The first kappa shape index (κ1) is 60.1. The van der Waals surface area contributed by atoms with Gasteiger partial charge in [-0.1, -0.05) is 76.1 Å². The lowest BCUT2D eigenvalue weighted by molar-refractivity contribution is -0.144. The number of sulfonamides is 1. The fourth-order valence-corrected chi connectivity index (χ4v) is 12.6. The number of aliphatic hydroxyl groups is 1. The molecule has 6 atom stereocenters. The molecule has 17 nitrogen and oxygen atoms in total. The van der Waals surface area contributed by atoms with Gasteiger partial charge in [0, 0.05) is 55.7 Å². The number of sulfone groups is 1. The molecule has 6 rings (SSSR count). The maximum absolute atomic E-state index is 14.1. The van der Waals surface area contributed by atoms with Crippen LogP contribution in [-0.4, -0.2) is 129 Å². The molecule has 4 aromatic rings. The SMILES string of the molecule is Cc1ncsc1-c1ccc(C(C)NC(=O)[C@@H]2C[C@@H](O)CN2C(=O)C(NC(=O)CCCCCCNC(=O)[C@H]2CCN(CCC(CSc3ccccc3)Nc3ccc(S(N)(=O)=O)cc3S(=O)(=O)C(F)(F)F)C2)C(C)(C)C)cc1. The number of alkyl halides is 3. The molecule has 3 heterocycles. The monoisotopic (exact) mass is 1130 g/mol. The molecule has 0 aliphatic carbocycles. The topological polar surface area (TPSA) is 250 Å². The molecule has 2 saturated heterocycles. The van der Waals surface area contributed by atoms with Crippen LogP contribution in [0.3, 0.4) is 0 Å². The van der Waals surface area contributed by atoms with Gasteiger partial charge in [0.05, 0.1) is 44.7 Å². The van der Waals surface area contributed by atoms with Crippen molar-refractivity contribution in [2.75, 3.05) is 43.8 Å². The number of anilines is 1. The van der Waals surface area contributed by atoms with Crippen molar-refractivity contribution in [2.45, 2.75) is 136 Å². The van der Waals surface area contributed by atoms with E-state index in [1.165, 1.54) is 16.7 Å². The highest BCUT2D eigenvalue weighted by Crippen LogP contribution is 2.37. The van der Waals surface area contributed by atoms with E-state index in [0.29, 0.717) is 70.1 Å². The van der Waals surface area contributed by atoms with E-state index in [1.807, 2.05) is 89.2 Å². The number of hydrogen-bond acceptors (Lipinski definition) is 14. The van der Waals surface area contributed by atoms with Crippen molar-refractivity contribution in [3.8, 4) is 10.4 Å². The summed E-state index contributed by atoms with van der Waals surface area (Å²) in [6, 6.07) is 16.5. The number of halogens is 3. The minimum Gasteiger partial charge on any atom is -0.391 e. The third-order valence-corrected chi connectivity index (χ3v) is 18.1. The molecule has 3 unspecified atom stereocenters. The quantitative estimate of drug-likeness (QED) is 0.0313. The van der Waals surface area contributed by atoms with Crippen molar-refractivity contribution in [3.63, 3.8) is 0 Å². The van der Waals surface area contributed by atoms with Crippen LogP contribution in [0.1, 0.15) is 96.4 Å². The molecule has 0 radical (unpaired) electrons. The van der Waals surface area contributed by atoms with Crippen LogP contribution in [0.4, 0.5) is 18.9 Å². The number of carbonyl (C=O) groups is 4. The molecule has 0 bridgehead atoms. The van der Waals surface area contributed by atoms with Gasteiger partial charge in [0.1, 0.15) is 17.0 Å². The number of unbranched alkanes of at least 4 members (excludes halogenated alkanes) is 3. The van der Waals surface area contributed by atoms with E-state index < -0.39 is 82.3 Å². The first-order valence-corrected chi connectivity index (χ1v) is 30.1. The summed E-state index contributed by atoms with van der Waals surface area (Å²) in [7, 11) is -10.5. The summed E-state index contributed by atoms with van der Waals surface area (Å²) >= 11 is 2.96. The Morgan fingerprint density at radius 3 is 2.26 bits per heavy atom. The van der Waals surface area contributed by atoms with Crippen LogP contribution in [0, 0.1) is 18.3 Å². The van der Waals surface area contributed by atoms with Crippen LogP contribution in [0.25, 0.3) is 10.4 Å². The molecule has 1 aromatic heterocycles. The van der Waals surface area contributed by atoms with Crippen molar-refractivity contribution in [2.24, 2.45) is 16.5 Å². The van der Waals surface area contributed by atoms with Gasteiger partial charge in [-0.15, -0.1) is 23.1 Å². The lowest BCUT2D eigenvalue weighted by Crippen LogP contribution is -2.57. The third kappa shape index (κ3) is 16.2. The Morgan fingerprint density at radius 2 is 1.62 bits per heavy atom. The molecule has 2 aliphatic heterocycles. The molecule has 24 heteroatoms. The second kappa shape index (κ2) is 26.0. The number of aromatic nitrogens is 1. The number of nitrogens with one attached hydrogen (secondary N) is 4. The van der Waals surface area contributed by atoms with Gasteiger partial charge in [0.15, 0.2) is 0 Å². The van der Waals surface area contributed by atoms with Crippen molar-refractivity contribution in [1.82, 2.24) is 30.7 Å². The Bertz CT molecular complexity index is 2870. The molecular weight excluding hydrogens is 1070 g/mol. The van der Waals surface area contributed by atoms with Crippen LogP contribution in [-0.2, 0) is 39.0 Å². The third-order valence-electron chi connectivity index (χ3n) is 13.6. The zero-order valence-corrected chi connectivity index (χ0v) is 46.5. The van der Waals surface area contributed by atoms with Crippen molar-refractivity contribution >= 4 is 72.3 Å². The number of aliphatic hydroxyl groups excluding tert-OH is 1. The largest absolute Gasteiger partial charge is 0.501 e. The number of rotatable bonds is 24. The van der Waals surface area contributed by atoms with E-state index in [2.05, 4.69) is 31.2 Å². The lowest BCUT2D eigenvalue weighted by atomic mass is 9.85. The van der Waals surface area contributed by atoms with Crippen molar-refractivity contribution in [3.05, 3.63) is 89.6 Å². The second-order valence-corrected chi connectivity index (χ2v) is 25.9. The van der Waals surface area contributed by atoms with Gasteiger partial charge in [-0.05, 0) is 92.9 Å². The van der Waals surface area contributed by atoms with Crippen LogP contribution >= 0.6 is 23.1 Å². The predicted octanol–water partition coefficient (Wildman–Crippen LogP) is 6.78. The second-order valence-electron chi connectivity index (χ2n) is 20.5. The average molecular weight is 1140 g/mol. The zero-order chi connectivity index (χ0) is 55.6. The Kier molecular flexibility index (Phi) is 20.6. The number of amides is 4. The standard InChI is InChI=1S/C52H69F3N8O9S4/c1-33(35-16-18-36(19-17-35)46-34(2)58-32-74-46)59-49(67)43-27-39(64)30-63(43)50(68)47(51(3,4)5)61-45(65)15-11-6-7-12-24-57-48(66)37-22-25-62(29-37)26-23-38(31-73-40-13-9-8-10-14-40)60-42-21-20-41(76(56,71)72)28-44(42)75(69,70)52(53,54)55/h8-10,13-14,16-21,28,32-33,37-39,43,47,60,64H,6-7,11-12,15,22-27,29-31H2,1-5H3,(H,57,66)(H,59,67)(H,61,65)(H2,56,71,72)/t33?,37-,38?,39+,43-,47?/m0/s1. The summed E-state index contributed by atoms with van der Waals surface area (Å²) < 4.78 is 90.8. The molecule has 2 fully saturated rings. The number of thioether (sulfide) groups is 1. The van der Waals surface area contributed by atoms with Gasteiger partial charge < -0.3 is 36.2 Å². The number of β-amino-alcohol motifs (C(OH)–C–C–N with tert-alkyl or cyclic N) is 1. The van der Waals surface area contributed by atoms with Gasteiger partial charge in [0.25, 0.3) is 9.84 Å². The van der Waals surface area contributed by atoms with Crippen LogP contribution in [0.5, 0.6) is 0 Å². The van der Waals surface area contributed by atoms with E-state index in [1.54, 1.807) is 16.8 Å². The number of aryl methyl sites for hydroxylation is 1. The van der Waals surface area contributed by atoms with Crippen LogP contribution < -0.4 is 26.4 Å². The van der Waals surface area contributed by atoms with Crippen LogP contribution in [0.2, 0.25) is 0 Å². The van der Waals surface area contributed by atoms with E-state index in [-0.39, 0.29) is 43.2 Å². The van der Waals surface area contributed by atoms with Gasteiger partial charge in [-0.25, -0.2) is 27.0 Å². The average Bonchev–Trinajstić information content (AvgIpc) is 4.13. The number of hydrogen-bond donors (Lipinski definition) is 6. The smallest absolute Gasteiger partial charge is 0.391 e. The summed E-state index contributed by atoms with van der Waals surface area (Å²) in [4.78, 5) is 62.0. The minimum atomic E-state index is -5.99. The molecule has 416 valence electrons. The molecular formula is C52H69F3N8O9S4. The fraction of sp³-hybridized carbons (Fsp3) is 0.519. The molecule has 2 aliphatic rings. The predicted molar refractivity (Wildman–Crippen MR) is 287 cm³/mol. The molecule has 0 saturated carbocycles. The summed E-state index contributed by atoms with van der Waals surface area (Å²) in [5, 5.41) is 27.7. The van der Waals surface area contributed by atoms with E-state index in [0.717, 1.165) is 45.1 Å². The highest BCUT2D eigenvalue weighted by Gasteiger charge is 2.49. The Morgan fingerprint density at radius 1 is 0.921 bits per heavy atom. The van der Waals surface area contributed by atoms with E-state index in [4.69, 9.17) is 5.14 Å². The highest BCUT2D eigenvalue weighted by molar-refractivity contribution is 7.99. The normalized spacial score (nSPS) is 18.7. The van der Waals surface area contributed by atoms with Crippen molar-refractivity contribution in [1.29, 1.82) is 0 Å². The van der Waals surface area contributed by atoms with Gasteiger partial charge in [0.2, 0.25) is 33.7 Å². The number of thiazole rings is 1. The fourth-order valence-electron chi connectivity index (χ4n) is 9.23. The minimum absolute atomic E-state index is 0.0393. The number of nitrogens with two attached hydrogens (primary N) is 1. The molecule has 3 aromatic carbocycles. The van der Waals surface area contributed by atoms with Crippen LogP contribution in [0.15, 0.2) is 93.0 Å². The van der Waals surface area contributed by atoms with Gasteiger partial charge in [-0.2, -0.15) is 13.2 Å². The Balaban J connectivity index is 0.930. The number of nitrogens with zero attached hydrogens (tertiary/aromatic N) is 3. The Labute approximate surface area is 451 Å². The van der Waals surface area contributed by atoms with Crippen molar-refractivity contribution < 1.29 is 54.3 Å². The maximum Gasteiger partial charge on any atom is 0.501 e. The summed E-state index contributed by atoms with van der Waals surface area (Å²) in [6.45, 7) is 11.1. The summed E-state index contributed by atoms with van der Waals surface area (Å²) in [6.07, 6.45) is 2.88. The highest BCUT2D eigenvalue weighted by atomic mass is 32.2. The number of benzene rings is 3. The maximum atomic E-state index is 14.1. The molecule has 76 heavy (non-hydrogen) atoms. The summed E-state index contributed by atoms with van der Waals surface area (Å²) in [5.41, 5.74) is -2.21. The van der Waals surface area contributed by atoms with E-state index >= 15 is 0 Å². The molecule has 0 spiro atoms. The van der Waals surface area contributed by atoms with Gasteiger partial charge in [-0.3, -0.25) is 19.2 Å². The first-order chi connectivity index (χ1) is 35.7. The van der Waals surface area contributed by atoms with Gasteiger partial charge >= 0.3 is 5.51 Å².